The molecule has 0 aliphatic carbocycles. The van der Waals surface area contributed by atoms with E-state index in [-0.39, 0.29) is 5.92 Å². The molecule has 0 bridgehead atoms. The summed E-state index contributed by atoms with van der Waals surface area (Å²) in [6.45, 7) is 1.46. The zero-order chi connectivity index (χ0) is 15.5. The van der Waals surface area contributed by atoms with Crippen molar-refractivity contribution in [2.75, 3.05) is 31.5 Å². The summed E-state index contributed by atoms with van der Waals surface area (Å²) in [4.78, 5) is 0. The number of nitrogens with two attached hydrogens (primary N) is 1. The number of hydrogen-bond acceptors (Lipinski definition) is 4. The van der Waals surface area contributed by atoms with Gasteiger partial charge in [-0.25, -0.2) is 0 Å². The van der Waals surface area contributed by atoms with E-state index in [1.165, 1.54) is 17.5 Å². The van der Waals surface area contributed by atoms with Crippen molar-refractivity contribution in [2.24, 2.45) is 11.7 Å². The van der Waals surface area contributed by atoms with Crippen molar-refractivity contribution in [3.63, 3.8) is 0 Å². The summed E-state index contributed by atoms with van der Waals surface area (Å²) in [6.07, 6.45) is 1.79. The Labute approximate surface area is 130 Å². The lowest BCUT2D eigenvalue weighted by atomic mass is 10.0. The number of ether oxygens (including phenoxy) is 1. The quantitative estimate of drug-likeness (QED) is 0.858. The molecule has 1 aliphatic heterocycles. The lowest BCUT2D eigenvalue weighted by Gasteiger charge is -2.31. The van der Waals surface area contributed by atoms with Crippen molar-refractivity contribution in [3.05, 3.63) is 23.2 Å². The lowest BCUT2D eigenvalue weighted by Crippen LogP contribution is -2.44. The van der Waals surface area contributed by atoms with Gasteiger partial charge in [-0.05, 0) is 43.5 Å². The van der Waals surface area contributed by atoms with E-state index in [0.29, 0.717) is 36.1 Å². The van der Waals surface area contributed by atoms with Gasteiger partial charge in [-0.3, -0.25) is 4.72 Å². The molecule has 1 aliphatic rings. The molecule has 1 unspecified atom stereocenters. The molecule has 6 nitrogen and oxygen atoms in total. The lowest BCUT2D eigenvalue weighted by molar-refractivity contribution is 0.273. The molecule has 0 radical (unpaired) electrons. The zero-order valence-corrected chi connectivity index (χ0v) is 13.5. The van der Waals surface area contributed by atoms with Gasteiger partial charge in [0.25, 0.3) is 0 Å². The Hall–Kier alpha value is -1.02. The van der Waals surface area contributed by atoms with Crippen LogP contribution in [-0.4, -0.2) is 39.5 Å². The number of nitrogens with one attached hydrogen (secondary N) is 1. The molecule has 21 heavy (non-hydrogen) atoms. The molecule has 1 aromatic rings. The fraction of sp³-hybridized carbons (Fsp3) is 0.538. The van der Waals surface area contributed by atoms with Crippen molar-refractivity contribution >= 4 is 27.5 Å². The van der Waals surface area contributed by atoms with Gasteiger partial charge in [0.05, 0.1) is 17.8 Å². The number of benzene rings is 1. The fourth-order valence-corrected chi connectivity index (χ4v) is 3.97. The molecule has 1 atom stereocenters. The Balaban J connectivity index is 2.11. The van der Waals surface area contributed by atoms with E-state index in [1.54, 1.807) is 12.1 Å². The third-order valence-corrected chi connectivity index (χ3v) is 5.35. The maximum Gasteiger partial charge on any atom is 0.301 e. The highest BCUT2D eigenvalue weighted by Crippen LogP contribution is 2.28. The van der Waals surface area contributed by atoms with Crippen molar-refractivity contribution in [1.82, 2.24) is 4.31 Å². The van der Waals surface area contributed by atoms with Crippen LogP contribution in [0.3, 0.4) is 0 Å². The minimum atomic E-state index is -3.59. The molecular weight excluding hydrogens is 314 g/mol. The molecule has 0 saturated carbocycles. The predicted octanol–water partition coefficient (Wildman–Crippen LogP) is 1.68. The Kier molecular flexibility index (Phi) is 5.32. The topological polar surface area (TPSA) is 84.7 Å². The highest BCUT2D eigenvalue weighted by molar-refractivity contribution is 7.90. The first-order valence-corrected chi connectivity index (χ1v) is 8.59. The van der Waals surface area contributed by atoms with Crippen LogP contribution >= 0.6 is 11.6 Å². The molecule has 3 N–H and O–H groups in total. The molecule has 0 spiro atoms. The Morgan fingerprint density at radius 2 is 2.29 bits per heavy atom. The van der Waals surface area contributed by atoms with Crippen LogP contribution in [0.25, 0.3) is 0 Å². The van der Waals surface area contributed by atoms with Crippen molar-refractivity contribution in [1.29, 1.82) is 0 Å². The molecule has 2 rings (SSSR count). The van der Waals surface area contributed by atoms with Crippen LogP contribution in [0.4, 0.5) is 5.69 Å². The van der Waals surface area contributed by atoms with Gasteiger partial charge in [0.1, 0.15) is 5.75 Å². The van der Waals surface area contributed by atoms with Crippen LogP contribution < -0.4 is 15.2 Å². The first-order valence-electron chi connectivity index (χ1n) is 6.77. The van der Waals surface area contributed by atoms with Gasteiger partial charge in [0, 0.05) is 13.1 Å². The molecule has 0 aromatic heterocycles. The van der Waals surface area contributed by atoms with E-state index in [9.17, 15) is 8.42 Å². The number of anilines is 1. The second-order valence-electron chi connectivity index (χ2n) is 5.06. The first-order chi connectivity index (χ1) is 9.96. The van der Waals surface area contributed by atoms with E-state index in [1.807, 2.05) is 0 Å². The number of methoxy groups -OCH3 is 1. The maximum atomic E-state index is 12.4. The number of piperidine rings is 1. The van der Waals surface area contributed by atoms with E-state index >= 15 is 0 Å². The summed E-state index contributed by atoms with van der Waals surface area (Å²) < 4.78 is 33.8. The largest absolute Gasteiger partial charge is 0.495 e. The monoisotopic (exact) mass is 333 g/mol. The van der Waals surface area contributed by atoms with Crippen molar-refractivity contribution in [2.45, 2.75) is 12.8 Å². The molecule has 118 valence electrons. The average molecular weight is 334 g/mol. The number of hydrogen-bond donors (Lipinski definition) is 2. The standard InChI is InChI=1S/C13H20ClN3O3S/c1-20-13-5-4-11(7-12(13)14)16-21(18,19)17-6-2-3-10(8-15)9-17/h4-5,7,10,16H,2-3,6,8-9,15H2,1H3. The zero-order valence-electron chi connectivity index (χ0n) is 11.9. The fourth-order valence-electron chi connectivity index (χ4n) is 2.38. The predicted molar refractivity (Wildman–Crippen MR) is 83.9 cm³/mol. The summed E-state index contributed by atoms with van der Waals surface area (Å²) in [5, 5.41) is 0.358. The van der Waals surface area contributed by atoms with Crippen LogP contribution in [0.5, 0.6) is 5.75 Å². The van der Waals surface area contributed by atoms with E-state index in [4.69, 9.17) is 22.1 Å². The van der Waals surface area contributed by atoms with Gasteiger partial charge in [-0.2, -0.15) is 12.7 Å². The molecule has 1 saturated heterocycles. The second kappa shape index (κ2) is 6.83. The number of nitrogens with zero attached hydrogens (tertiary/aromatic N) is 1. The summed E-state index contributed by atoms with van der Waals surface area (Å²) >= 11 is 6.00. The maximum absolute atomic E-state index is 12.4. The van der Waals surface area contributed by atoms with Gasteiger partial charge in [-0.1, -0.05) is 11.6 Å². The third kappa shape index (κ3) is 4.00. The number of halogens is 1. The van der Waals surface area contributed by atoms with Crippen LogP contribution in [0.15, 0.2) is 18.2 Å². The smallest absolute Gasteiger partial charge is 0.301 e. The van der Waals surface area contributed by atoms with E-state index in [2.05, 4.69) is 4.72 Å². The minimum Gasteiger partial charge on any atom is -0.495 e. The summed E-state index contributed by atoms with van der Waals surface area (Å²) in [5.41, 5.74) is 6.05. The average Bonchev–Trinajstić information content (AvgIpc) is 2.47. The molecule has 1 heterocycles. The SMILES string of the molecule is COc1ccc(NS(=O)(=O)N2CCCC(CN)C2)cc1Cl. The molecule has 1 fully saturated rings. The van der Waals surface area contributed by atoms with Gasteiger partial charge in [0.2, 0.25) is 0 Å². The Morgan fingerprint density at radius 1 is 1.52 bits per heavy atom. The Bertz CT molecular complexity index is 594. The summed E-state index contributed by atoms with van der Waals surface area (Å²) in [6, 6.07) is 4.77. The molecule has 1 aromatic carbocycles. The van der Waals surface area contributed by atoms with E-state index in [0.717, 1.165) is 12.8 Å². The van der Waals surface area contributed by atoms with Crippen LogP contribution in [0.2, 0.25) is 5.02 Å². The van der Waals surface area contributed by atoms with Crippen LogP contribution in [0.1, 0.15) is 12.8 Å². The highest BCUT2D eigenvalue weighted by Gasteiger charge is 2.28. The Morgan fingerprint density at radius 3 is 2.90 bits per heavy atom. The number of rotatable bonds is 5. The minimum absolute atomic E-state index is 0.217. The van der Waals surface area contributed by atoms with Crippen LogP contribution in [0, 0.1) is 5.92 Å². The summed E-state index contributed by atoms with van der Waals surface area (Å²) in [5.74, 6) is 0.718. The molecule has 0 amide bonds. The van der Waals surface area contributed by atoms with Crippen molar-refractivity contribution < 1.29 is 13.2 Å². The van der Waals surface area contributed by atoms with Gasteiger partial charge >= 0.3 is 10.2 Å². The molecule has 8 heteroatoms. The normalized spacial score (nSPS) is 20.2. The van der Waals surface area contributed by atoms with Crippen molar-refractivity contribution in [3.8, 4) is 5.75 Å². The van der Waals surface area contributed by atoms with E-state index < -0.39 is 10.2 Å². The van der Waals surface area contributed by atoms with Crippen LogP contribution in [-0.2, 0) is 10.2 Å². The van der Waals surface area contributed by atoms with Gasteiger partial charge < -0.3 is 10.5 Å². The third-order valence-electron chi connectivity index (χ3n) is 3.55. The highest BCUT2D eigenvalue weighted by atomic mass is 35.5. The summed E-state index contributed by atoms with van der Waals surface area (Å²) in [7, 11) is -2.08. The molecular formula is C13H20ClN3O3S. The van der Waals surface area contributed by atoms with Gasteiger partial charge in [-0.15, -0.1) is 0 Å². The first kappa shape index (κ1) is 16.4. The van der Waals surface area contributed by atoms with Gasteiger partial charge in [0.15, 0.2) is 0 Å². The second-order valence-corrected chi connectivity index (χ2v) is 7.14.